The molecule has 3 aliphatic rings. The fourth-order valence-electron chi connectivity index (χ4n) is 8.73. The number of carbonyl (C=O) groups excluding carboxylic acids is 2. The largest absolute Gasteiger partial charge is 0.481 e. The molecule has 3 aliphatic carbocycles. The van der Waals surface area contributed by atoms with E-state index in [-0.39, 0.29) is 5.97 Å². The standard InChI is InChI=1S/C36H66O3S.C9H16O2/c1-3-5-9-15-32(27-29-39-36(38)26-23-31-17-11-7-12-18-31)21-24-34(37)25-22-33(16-10-6-4-2)28-30-40-35-19-13-8-14-20-35;10-9(11)7-6-8-4-2-1-3-5-8/h31-33,35H,3-30H2,1-2H3;8H,1-7H2,(H,10,11). The van der Waals surface area contributed by atoms with Crippen molar-refractivity contribution in [2.75, 3.05) is 12.4 Å². The third-order valence-electron chi connectivity index (χ3n) is 12.3. The number of hydrogen-bond acceptors (Lipinski definition) is 5. The van der Waals surface area contributed by atoms with Gasteiger partial charge in [0, 0.05) is 30.9 Å². The van der Waals surface area contributed by atoms with Crippen molar-refractivity contribution in [2.24, 2.45) is 23.7 Å². The van der Waals surface area contributed by atoms with E-state index in [1.54, 1.807) is 0 Å². The van der Waals surface area contributed by atoms with Crippen molar-refractivity contribution in [3.8, 4) is 0 Å². The van der Waals surface area contributed by atoms with Gasteiger partial charge in [-0.1, -0.05) is 149 Å². The molecule has 0 spiro atoms. The third kappa shape index (κ3) is 25.6. The first kappa shape index (κ1) is 46.1. The van der Waals surface area contributed by atoms with Gasteiger partial charge in [0.2, 0.25) is 0 Å². The SMILES string of the molecule is CCCCCC(CCOC(=O)CCC1CCCCC1)CCC(=O)CCC(CCCCC)CCSC1CCCCC1.O=C(O)CCC1CCCCC1. The molecule has 0 heterocycles. The van der Waals surface area contributed by atoms with E-state index in [1.165, 1.54) is 160 Å². The molecule has 0 bridgehead atoms. The van der Waals surface area contributed by atoms with Crippen LogP contribution in [0.25, 0.3) is 0 Å². The lowest BCUT2D eigenvalue weighted by atomic mass is 9.86. The van der Waals surface area contributed by atoms with E-state index in [9.17, 15) is 14.4 Å². The average molecular weight is 735 g/mol. The molecule has 3 rings (SSSR count). The number of aliphatic carboxylic acids is 1. The number of ether oxygens (including phenoxy) is 1. The van der Waals surface area contributed by atoms with Crippen molar-refractivity contribution in [3.63, 3.8) is 0 Å². The predicted octanol–water partition coefficient (Wildman–Crippen LogP) is 13.7. The van der Waals surface area contributed by atoms with E-state index in [2.05, 4.69) is 25.6 Å². The molecule has 0 aromatic carbocycles. The number of carbonyl (C=O) groups is 3. The van der Waals surface area contributed by atoms with Crippen LogP contribution < -0.4 is 0 Å². The molecule has 51 heavy (non-hydrogen) atoms. The number of carboxylic acid groups (broad SMARTS) is 1. The summed E-state index contributed by atoms with van der Waals surface area (Å²) < 4.78 is 5.66. The van der Waals surface area contributed by atoms with E-state index in [1.807, 2.05) is 0 Å². The fraction of sp³-hybridized carbons (Fsp3) is 0.933. The highest BCUT2D eigenvalue weighted by Gasteiger charge is 2.19. The average Bonchev–Trinajstić information content (AvgIpc) is 3.15. The second-order valence-electron chi connectivity index (χ2n) is 16.7. The zero-order valence-electron chi connectivity index (χ0n) is 33.6. The molecule has 5 nitrogen and oxygen atoms in total. The number of esters is 1. The zero-order chi connectivity index (χ0) is 36.8. The summed E-state index contributed by atoms with van der Waals surface area (Å²) in [4.78, 5) is 35.5. The second-order valence-corrected chi connectivity index (χ2v) is 18.2. The van der Waals surface area contributed by atoms with Gasteiger partial charge in [0.1, 0.15) is 5.78 Å². The molecular weight excluding hydrogens is 653 g/mol. The minimum Gasteiger partial charge on any atom is -0.481 e. The Bertz CT molecular complexity index is 859. The Balaban J connectivity index is 0.000000694. The lowest BCUT2D eigenvalue weighted by Crippen LogP contribution is -2.14. The molecule has 3 fully saturated rings. The Morgan fingerprint density at radius 1 is 0.588 bits per heavy atom. The van der Waals surface area contributed by atoms with Crippen LogP contribution in [0.4, 0.5) is 0 Å². The molecule has 1 N–H and O–H groups in total. The van der Waals surface area contributed by atoms with Gasteiger partial charge in [-0.25, -0.2) is 0 Å². The Labute approximate surface area is 319 Å². The van der Waals surface area contributed by atoms with Crippen molar-refractivity contribution in [1.82, 2.24) is 0 Å². The van der Waals surface area contributed by atoms with E-state index in [0.717, 1.165) is 55.6 Å². The molecular formula is C45H82O5S. The van der Waals surface area contributed by atoms with E-state index in [4.69, 9.17) is 9.84 Å². The van der Waals surface area contributed by atoms with Gasteiger partial charge in [-0.05, 0) is 80.8 Å². The molecule has 0 aliphatic heterocycles. The number of rotatable bonds is 27. The van der Waals surface area contributed by atoms with Crippen LogP contribution in [-0.4, -0.2) is 40.4 Å². The normalized spacial score (nSPS) is 18.8. The van der Waals surface area contributed by atoms with Gasteiger partial charge in [0.15, 0.2) is 0 Å². The molecule has 0 saturated heterocycles. The van der Waals surface area contributed by atoms with Crippen LogP contribution in [-0.2, 0) is 19.1 Å². The number of hydrogen-bond donors (Lipinski definition) is 1. The van der Waals surface area contributed by atoms with Crippen LogP contribution in [0.3, 0.4) is 0 Å². The summed E-state index contributed by atoms with van der Waals surface area (Å²) in [6.07, 6.45) is 38.9. The van der Waals surface area contributed by atoms with Crippen molar-refractivity contribution >= 4 is 29.5 Å². The number of carboxylic acids is 1. The Morgan fingerprint density at radius 3 is 1.59 bits per heavy atom. The van der Waals surface area contributed by atoms with Gasteiger partial charge < -0.3 is 9.84 Å². The Kier molecular flexibility index (Phi) is 28.3. The molecule has 0 radical (unpaired) electrons. The minimum atomic E-state index is -0.643. The van der Waals surface area contributed by atoms with Gasteiger partial charge in [0.05, 0.1) is 6.61 Å². The van der Waals surface area contributed by atoms with Gasteiger partial charge in [-0.15, -0.1) is 0 Å². The van der Waals surface area contributed by atoms with Crippen LogP contribution in [0, 0.1) is 23.7 Å². The first-order chi connectivity index (χ1) is 24.9. The van der Waals surface area contributed by atoms with Crippen molar-refractivity contribution in [1.29, 1.82) is 0 Å². The number of unbranched alkanes of at least 4 members (excludes halogenated alkanes) is 4. The van der Waals surface area contributed by atoms with Crippen LogP contribution in [0.1, 0.15) is 226 Å². The summed E-state index contributed by atoms with van der Waals surface area (Å²) in [7, 11) is 0. The predicted molar refractivity (Wildman–Crippen MR) is 218 cm³/mol. The topological polar surface area (TPSA) is 80.7 Å². The van der Waals surface area contributed by atoms with Crippen LogP contribution in [0.15, 0.2) is 0 Å². The number of ketones is 1. The van der Waals surface area contributed by atoms with Crippen molar-refractivity contribution in [2.45, 2.75) is 231 Å². The lowest BCUT2D eigenvalue weighted by molar-refractivity contribution is -0.144. The van der Waals surface area contributed by atoms with Crippen molar-refractivity contribution < 1.29 is 24.2 Å². The number of Topliss-reactive ketones (excluding diaryl/α,β-unsaturated/α-hetero) is 1. The van der Waals surface area contributed by atoms with Crippen LogP contribution in [0.2, 0.25) is 0 Å². The maximum atomic E-state index is 13.0. The molecule has 0 aromatic rings. The highest BCUT2D eigenvalue weighted by Crippen LogP contribution is 2.32. The highest BCUT2D eigenvalue weighted by atomic mass is 32.2. The second kappa shape index (κ2) is 31.3. The van der Waals surface area contributed by atoms with Crippen LogP contribution >= 0.6 is 11.8 Å². The minimum absolute atomic E-state index is 0.00952. The molecule has 2 unspecified atom stereocenters. The summed E-state index contributed by atoms with van der Waals surface area (Å²) in [6, 6.07) is 0. The summed E-state index contributed by atoms with van der Waals surface area (Å²) in [5.74, 6) is 3.77. The van der Waals surface area contributed by atoms with E-state index in [0.29, 0.717) is 43.5 Å². The molecule has 0 aromatic heterocycles. The first-order valence-corrected chi connectivity index (χ1v) is 23.4. The molecule has 298 valence electrons. The summed E-state index contributed by atoms with van der Waals surface area (Å²) in [5.41, 5.74) is 0. The molecule has 3 saturated carbocycles. The third-order valence-corrected chi connectivity index (χ3v) is 13.7. The smallest absolute Gasteiger partial charge is 0.305 e. The van der Waals surface area contributed by atoms with Crippen molar-refractivity contribution in [3.05, 3.63) is 0 Å². The van der Waals surface area contributed by atoms with E-state index < -0.39 is 5.97 Å². The molecule has 2 atom stereocenters. The lowest BCUT2D eigenvalue weighted by Gasteiger charge is -2.23. The van der Waals surface area contributed by atoms with Gasteiger partial charge in [0.25, 0.3) is 0 Å². The summed E-state index contributed by atoms with van der Waals surface area (Å²) >= 11 is 2.22. The van der Waals surface area contributed by atoms with Gasteiger partial charge in [-0.2, -0.15) is 11.8 Å². The highest BCUT2D eigenvalue weighted by molar-refractivity contribution is 7.99. The monoisotopic (exact) mass is 735 g/mol. The zero-order valence-corrected chi connectivity index (χ0v) is 34.4. The maximum absolute atomic E-state index is 13.0. The first-order valence-electron chi connectivity index (χ1n) is 22.4. The maximum Gasteiger partial charge on any atom is 0.305 e. The van der Waals surface area contributed by atoms with Crippen LogP contribution in [0.5, 0.6) is 0 Å². The number of thioether (sulfide) groups is 1. The summed E-state index contributed by atoms with van der Waals surface area (Å²) in [5, 5.41) is 9.34. The molecule has 6 heteroatoms. The van der Waals surface area contributed by atoms with Gasteiger partial charge >= 0.3 is 11.9 Å². The summed E-state index contributed by atoms with van der Waals surface area (Å²) in [6.45, 7) is 5.07. The quantitative estimate of drug-likeness (QED) is 0.0668. The van der Waals surface area contributed by atoms with Gasteiger partial charge in [-0.3, -0.25) is 14.4 Å². The fourth-order valence-corrected chi connectivity index (χ4v) is 10.2. The molecule has 0 amide bonds. The van der Waals surface area contributed by atoms with E-state index >= 15 is 0 Å². The Hall–Kier alpha value is -1.04. The Morgan fingerprint density at radius 2 is 1.08 bits per heavy atom.